The molecule has 1 unspecified atom stereocenters. The number of anilines is 2. The fourth-order valence-corrected chi connectivity index (χ4v) is 2.75. The van der Waals surface area contributed by atoms with Crippen molar-refractivity contribution < 1.29 is 9.53 Å². The second kappa shape index (κ2) is 7.78. The van der Waals surface area contributed by atoms with Crippen molar-refractivity contribution in [1.29, 1.82) is 0 Å². The molecule has 3 rings (SSSR count). The Morgan fingerprint density at radius 3 is 2.83 bits per heavy atom. The maximum absolute atomic E-state index is 12.0. The van der Waals surface area contributed by atoms with Crippen LogP contribution in [0.15, 0.2) is 30.9 Å². The van der Waals surface area contributed by atoms with Crippen molar-refractivity contribution in [2.75, 3.05) is 32.1 Å². The number of hydrogen-bond donors (Lipinski definition) is 1. The number of carbonyl (C=O) groups excluding carboxylic acids is 1. The van der Waals surface area contributed by atoms with E-state index in [0.29, 0.717) is 18.3 Å². The lowest BCUT2D eigenvalue weighted by Gasteiger charge is -2.32. The molecule has 1 aliphatic heterocycles. The molecular formula is C16H20N6O2. The van der Waals surface area contributed by atoms with E-state index >= 15 is 0 Å². The summed E-state index contributed by atoms with van der Waals surface area (Å²) in [5.41, 5.74) is 0.893. The average Bonchev–Trinajstić information content (AvgIpc) is 2.63. The number of likely N-dealkylation sites (tertiary alicyclic amines) is 1. The third-order valence-electron chi connectivity index (χ3n) is 3.94. The van der Waals surface area contributed by atoms with Gasteiger partial charge in [0.2, 0.25) is 11.9 Å². The van der Waals surface area contributed by atoms with E-state index in [2.05, 4.69) is 25.3 Å². The molecule has 8 heteroatoms. The van der Waals surface area contributed by atoms with Crippen LogP contribution in [0.5, 0.6) is 0 Å². The Bertz CT molecular complexity index is 664. The monoisotopic (exact) mass is 328 g/mol. The Hall–Kier alpha value is -2.61. The minimum absolute atomic E-state index is 0.0228. The molecule has 2 aromatic heterocycles. The Morgan fingerprint density at radius 1 is 1.29 bits per heavy atom. The predicted octanol–water partition coefficient (Wildman–Crippen LogP) is 1.36. The van der Waals surface area contributed by atoms with E-state index in [-0.39, 0.29) is 18.4 Å². The van der Waals surface area contributed by atoms with Gasteiger partial charge in [-0.15, -0.1) is 0 Å². The van der Waals surface area contributed by atoms with Crippen LogP contribution in [0, 0.1) is 0 Å². The van der Waals surface area contributed by atoms with Crippen LogP contribution in [-0.2, 0) is 9.53 Å². The topological polar surface area (TPSA) is 93.1 Å². The largest absolute Gasteiger partial charge is 0.375 e. The molecule has 3 heterocycles. The van der Waals surface area contributed by atoms with Gasteiger partial charge in [-0.1, -0.05) is 0 Å². The van der Waals surface area contributed by atoms with Crippen LogP contribution in [0.1, 0.15) is 24.5 Å². The quantitative estimate of drug-likeness (QED) is 0.885. The van der Waals surface area contributed by atoms with Crippen LogP contribution >= 0.6 is 0 Å². The summed E-state index contributed by atoms with van der Waals surface area (Å²) in [6.45, 7) is 1.56. The number of carbonyl (C=O) groups is 1. The highest BCUT2D eigenvalue weighted by Gasteiger charge is 2.25. The van der Waals surface area contributed by atoms with E-state index < -0.39 is 0 Å². The first-order valence-electron chi connectivity index (χ1n) is 7.89. The van der Waals surface area contributed by atoms with E-state index in [1.165, 1.54) is 7.11 Å². The van der Waals surface area contributed by atoms with Crippen LogP contribution in [0.3, 0.4) is 0 Å². The van der Waals surface area contributed by atoms with Gasteiger partial charge in [-0.25, -0.2) is 15.0 Å². The molecule has 1 amide bonds. The van der Waals surface area contributed by atoms with Crippen molar-refractivity contribution in [3.63, 3.8) is 0 Å². The number of nitrogens with zero attached hydrogens (tertiary/aromatic N) is 5. The Morgan fingerprint density at radius 2 is 2.12 bits per heavy atom. The summed E-state index contributed by atoms with van der Waals surface area (Å²) in [5, 5.41) is 3.00. The summed E-state index contributed by atoms with van der Waals surface area (Å²) >= 11 is 0. The summed E-state index contributed by atoms with van der Waals surface area (Å²) in [4.78, 5) is 30.8. The summed E-state index contributed by atoms with van der Waals surface area (Å²) < 4.78 is 4.93. The molecule has 0 aliphatic carbocycles. The molecule has 0 bridgehead atoms. The van der Waals surface area contributed by atoms with Gasteiger partial charge in [-0.05, 0) is 18.9 Å². The summed E-state index contributed by atoms with van der Waals surface area (Å²) in [7, 11) is 1.53. The third-order valence-corrected chi connectivity index (χ3v) is 3.94. The lowest BCUT2D eigenvalue weighted by atomic mass is 9.95. The summed E-state index contributed by atoms with van der Waals surface area (Å²) in [5.74, 6) is 1.30. The Labute approximate surface area is 140 Å². The number of ether oxygens (including phenoxy) is 1. The van der Waals surface area contributed by atoms with E-state index in [9.17, 15) is 4.79 Å². The average molecular weight is 328 g/mol. The second-order valence-corrected chi connectivity index (χ2v) is 5.64. The van der Waals surface area contributed by atoms with Crippen molar-refractivity contribution in [2.45, 2.75) is 18.8 Å². The zero-order valence-electron chi connectivity index (χ0n) is 13.6. The fraction of sp³-hybridized carbons (Fsp3) is 0.438. The van der Waals surface area contributed by atoms with Crippen LogP contribution in [0.4, 0.5) is 11.8 Å². The van der Waals surface area contributed by atoms with Crippen molar-refractivity contribution in [1.82, 2.24) is 24.8 Å². The van der Waals surface area contributed by atoms with E-state index in [1.54, 1.807) is 30.9 Å². The van der Waals surface area contributed by atoms with E-state index in [1.807, 2.05) is 4.90 Å². The van der Waals surface area contributed by atoms with Crippen molar-refractivity contribution in [3.8, 4) is 0 Å². The third kappa shape index (κ3) is 4.02. The lowest BCUT2D eigenvalue weighted by molar-refractivity contribution is -0.136. The van der Waals surface area contributed by atoms with E-state index in [4.69, 9.17) is 4.74 Å². The molecule has 126 valence electrons. The van der Waals surface area contributed by atoms with Crippen LogP contribution in [0.2, 0.25) is 0 Å². The van der Waals surface area contributed by atoms with Gasteiger partial charge in [-0.2, -0.15) is 0 Å². The van der Waals surface area contributed by atoms with Gasteiger partial charge >= 0.3 is 0 Å². The maximum atomic E-state index is 12.0. The van der Waals surface area contributed by atoms with Gasteiger partial charge in [0.25, 0.3) is 0 Å². The van der Waals surface area contributed by atoms with Crippen LogP contribution in [-0.4, -0.2) is 57.5 Å². The number of rotatable bonds is 5. The van der Waals surface area contributed by atoms with Crippen molar-refractivity contribution in [3.05, 3.63) is 36.5 Å². The number of aromatic nitrogens is 4. The molecule has 1 aliphatic rings. The fourth-order valence-electron chi connectivity index (χ4n) is 2.75. The molecule has 0 radical (unpaired) electrons. The van der Waals surface area contributed by atoms with Gasteiger partial charge in [-0.3, -0.25) is 9.78 Å². The second-order valence-electron chi connectivity index (χ2n) is 5.64. The SMILES string of the molecule is COCC(=O)N1CCCC(c2cnc(Nc3ncccn3)cn2)C1. The van der Waals surface area contributed by atoms with Gasteiger partial charge in [0.1, 0.15) is 6.61 Å². The minimum Gasteiger partial charge on any atom is -0.375 e. The zero-order valence-corrected chi connectivity index (χ0v) is 13.6. The molecule has 1 atom stereocenters. The first-order valence-corrected chi connectivity index (χ1v) is 7.89. The van der Waals surface area contributed by atoms with Crippen molar-refractivity contribution in [2.24, 2.45) is 0 Å². The molecule has 1 N–H and O–H groups in total. The summed E-state index contributed by atoms with van der Waals surface area (Å²) in [6.07, 6.45) is 8.69. The highest BCUT2D eigenvalue weighted by atomic mass is 16.5. The number of nitrogens with one attached hydrogen (secondary N) is 1. The molecular weight excluding hydrogens is 308 g/mol. The molecule has 8 nitrogen and oxygen atoms in total. The molecule has 1 fully saturated rings. The molecule has 0 spiro atoms. The number of piperidine rings is 1. The maximum Gasteiger partial charge on any atom is 0.248 e. The lowest BCUT2D eigenvalue weighted by Crippen LogP contribution is -2.41. The number of methoxy groups -OCH3 is 1. The van der Waals surface area contributed by atoms with Gasteiger partial charge in [0, 0.05) is 38.5 Å². The standard InChI is InChI=1S/C16H20N6O2/c1-24-11-15(23)22-7-2-4-12(10-22)13-8-20-14(9-19-13)21-16-17-5-3-6-18-16/h3,5-6,8-9,12H,2,4,7,10-11H2,1H3,(H,17,18,20,21). The number of amides is 1. The first-order chi connectivity index (χ1) is 11.8. The highest BCUT2D eigenvalue weighted by Crippen LogP contribution is 2.25. The Balaban J connectivity index is 1.63. The molecule has 1 saturated heterocycles. The zero-order chi connectivity index (χ0) is 16.8. The Kier molecular flexibility index (Phi) is 5.27. The van der Waals surface area contributed by atoms with E-state index in [0.717, 1.165) is 25.1 Å². The van der Waals surface area contributed by atoms with Crippen molar-refractivity contribution >= 4 is 17.7 Å². The molecule has 0 aromatic carbocycles. The summed E-state index contributed by atoms with van der Waals surface area (Å²) in [6, 6.07) is 1.75. The number of hydrogen-bond acceptors (Lipinski definition) is 7. The first kappa shape index (κ1) is 16.3. The van der Waals surface area contributed by atoms with Gasteiger partial charge < -0.3 is 15.0 Å². The smallest absolute Gasteiger partial charge is 0.248 e. The molecule has 0 saturated carbocycles. The predicted molar refractivity (Wildman–Crippen MR) is 87.8 cm³/mol. The molecule has 24 heavy (non-hydrogen) atoms. The normalized spacial score (nSPS) is 17.5. The minimum atomic E-state index is 0.0228. The van der Waals surface area contributed by atoms with Crippen LogP contribution in [0.25, 0.3) is 0 Å². The van der Waals surface area contributed by atoms with Crippen LogP contribution < -0.4 is 5.32 Å². The molecule has 2 aromatic rings. The van der Waals surface area contributed by atoms with Gasteiger partial charge in [0.05, 0.1) is 18.1 Å². The highest BCUT2D eigenvalue weighted by molar-refractivity contribution is 5.77. The van der Waals surface area contributed by atoms with Gasteiger partial charge in [0.15, 0.2) is 5.82 Å².